The van der Waals surface area contributed by atoms with E-state index in [-0.39, 0.29) is 24.0 Å². The van der Waals surface area contributed by atoms with Crippen LogP contribution in [0.15, 0.2) is 40.1 Å². The summed E-state index contributed by atoms with van der Waals surface area (Å²) >= 11 is 1.57. The van der Waals surface area contributed by atoms with Gasteiger partial charge in [0.1, 0.15) is 5.60 Å². The average molecular weight is 440 g/mol. The van der Waals surface area contributed by atoms with Gasteiger partial charge < -0.3 is 18.8 Å². The molecule has 31 heavy (non-hydrogen) atoms. The maximum Gasteiger partial charge on any atom is 0.260 e. The molecule has 1 amide bonds. The number of thiophene rings is 1. The average Bonchev–Trinajstić information content (AvgIpc) is 3.50. The van der Waals surface area contributed by atoms with E-state index >= 15 is 0 Å². The Kier molecular flexibility index (Phi) is 5.17. The summed E-state index contributed by atoms with van der Waals surface area (Å²) in [6.07, 6.45) is 2.65. The fraction of sp³-hybridized carbons (Fsp3) is 0.435. The second kappa shape index (κ2) is 8.00. The molecule has 1 saturated heterocycles. The number of likely N-dealkylation sites (tertiary alicyclic amines) is 1. The van der Waals surface area contributed by atoms with Gasteiger partial charge in [-0.05, 0) is 44.2 Å². The number of nitrogens with zero attached hydrogens (tertiary/aromatic N) is 3. The van der Waals surface area contributed by atoms with Crippen LogP contribution in [0.25, 0.3) is 10.8 Å². The summed E-state index contributed by atoms with van der Waals surface area (Å²) in [7, 11) is 0. The monoisotopic (exact) mass is 439 g/mol. The molecule has 2 aromatic heterocycles. The summed E-state index contributed by atoms with van der Waals surface area (Å²) in [5.74, 6) is 2.52. The zero-order chi connectivity index (χ0) is 21.4. The number of fused-ring (bicyclic) bond motifs is 1. The summed E-state index contributed by atoms with van der Waals surface area (Å²) in [4.78, 5) is 15.6. The van der Waals surface area contributed by atoms with Crippen molar-refractivity contribution in [2.45, 2.75) is 44.6 Å². The van der Waals surface area contributed by atoms with E-state index in [0.29, 0.717) is 30.6 Å². The van der Waals surface area contributed by atoms with E-state index in [1.165, 1.54) is 0 Å². The largest absolute Gasteiger partial charge is 0.483 e. The lowest BCUT2D eigenvalue weighted by molar-refractivity contribution is -0.134. The highest BCUT2D eigenvalue weighted by Crippen LogP contribution is 2.41. The third-order valence-corrected chi connectivity index (χ3v) is 6.56. The number of ether oxygens (including phenoxy) is 2. The summed E-state index contributed by atoms with van der Waals surface area (Å²) in [6.45, 7) is 5.36. The van der Waals surface area contributed by atoms with Crippen LogP contribution in [-0.4, -0.2) is 46.3 Å². The van der Waals surface area contributed by atoms with E-state index < -0.39 is 0 Å². The molecular formula is C23H25N3O4S. The molecule has 0 saturated carbocycles. The Morgan fingerprint density at radius 3 is 3.03 bits per heavy atom. The normalized spacial score (nSPS) is 19.7. The number of rotatable bonds is 5. The van der Waals surface area contributed by atoms with Crippen molar-refractivity contribution in [1.29, 1.82) is 0 Å². The molecule has 2 aliphatic heterocycles. The van der Waals surface area contributed by atoms with E-state index in [0.717, 1.165) is 35.5 Å². The predicted octanol–water partition coefficient (Wildman–Crippen LogP) is 4.30. The molecule has 0 bridgehead atoms. The summed E-state index contributed by atoms with van der Waals surface area (Å²) < 4.78 is 17.8. The van der Waals surface area contributed by atoms with Gasteiger partial charge in [0.25, 0.3) is 11.8 Å². The number of piperidine rings is 1. The highest BCUT2D eigenvalue weighted by molar-refractivity contribution is 7.13. The van der Waals surface area contributed by atoms with E-state index in [2.05, 4.69) is 24.0 Å². The standard InChI is InChI=1S/C23H25N3O4S/c1-23(2)12-15-6-3-8-17(20(15)30-23)28-14-19(27)26-10-4-7-16(13-26)21-24-25-22(29-21)18-9-5-11-31-18/h3,5-6,8-9,11,16H,4,7,10,12-14H2,1-2H3. The van der Waals surface area contributed by atoms with Gasteiger partial charge in [-0.3, -0.25) is 4.79 Å². The first kappa shape index (κ1) is 20.1. The maximum atomic E-state index is 12.9. The molecule has 7 nitrogen and oxygen atoms in total. The van der Waals surface area contributed by atoms with Gasteiger partial charge in [0.05, 0.1) is 10.8 Å². The van der Waals surface area contributed by atoms with Crippen molar-refractivity contribution in [3.05, 3.63) is 47.2 Å². The van der Waals surface area contributed by atoms with Crippen LogP contribution >= 0.6 is 11.3 Å². The minimum atomic E-state index is -0.252. The lowest BCUT2D eigenvalue weighted by atomic mass is 9.98. The summed E-state index contributed by atoms with van der Waals surface area (Å²) in [5.41, 5.74) is 0.865. The van der Waals surface area contributed by atoms with Gasteiger partial charge in [0, 0.05) is 25.1 Å². The topological polar surface area (TPSA) is 77.7 Å². The van der Waals surface area contributed by atoms with Crippen LogP contribution in [0.4, 0.5) is 0 Å². The van der Waals surface area contributed by atoms with Crippen LogP contribution in [-0.2, 0) is 11.2 Å². The number of hydrogen-bond acceptors (Lipinski definition) is 7. The van der Waals surface area contributed by atoms with Gasteiger partial charge in [-0.2, -0.15) is 0 Å². The van der Waals surface area contributed by atoms with Crippen molar-refractivity contribution in [3.8, 4) is 22.3 Å². The SMILES string of the molecule is CC1(C)Cc2cccc(OCC(=O)N3CCCC(c4nnc(-c5cccs5)o4)C3)c2O1. The Balaban J connectivity index is 1.22. The first-order valence-corrected chi connectivity index (χ1v) is 11.5. The zero-order valence-corrected chi connectivity index (χ0v) is 18.5. The van der Waals surface area contributed by atoms with Gasteiger partial charge in [0.15, 0.2) is 18.1 Å². The molecule has 1 unspecified atom stereocenters. The quantitative estimate of drug-likeness (QED) is 0.590. The van der Waals surface area contributed by atoms with Gasteiger partial charge in [-0.1, -0.05) is 18.2 Å². The predicted molar refractivity (Wildman–Crippen MR) is 117 cm³/mol. The Labute approximate surface area is 185 Å². The molecular weight excluding hydrogens is 414 g/mol. The highest BCUT2D eigenvalue weighted by Gasteiger charge is 2.33. The van der Waals surface area contributed by atoms with Crippen molar-refractivity contribution < 1.29 is 18.7 Å². The number of carbonyl (C=O) groups is 1. The molecule has 8 heteroatoms. The number of benzene rings is 1. The number of aromatic nitrogens is 2. The Morgan fingerprint density at radius 1 is 1.29 bits per heavy atom. The lowest BCUT2D eigenvalue weighted by Crippen LogP contribution is -2.41. The zero-order valence-electron chi connectivity index (χ0n) is 17.7. The van der Waals surface area contributed by atoms with Crippen molar-refractivity contribution >= 4 is 17.2 Å². The van der Waals surface area contributed by atoms with Crippen molar-refractivity contribution in [2.24, 2.45) is 0 Å². The fourth-order valence-electron chi connectivity index (χ4n) is 4.24. The first-order chi connectivity index (χ1) is 15.0. The minimum Gasteiger partial charge on any atom is -0.483 e. The Morgan fingerprint density at radius 2 is 2.19 bits per heavy atom. The molecule has 1 atom stereocenters. The van der Waals surface area contributed by atoms with Gasteiger partial charge >= 0.3 is 0 Å². The first-order valence-electron chi connectivity index (χ1n) is 10.6. The third-order valence-electron chi connectivity index (χ3n) is 5.70. The lowest BCUT2D eigenvalue weighted by Gasteiger charge is -2.31. The molecule has 0 aliphatic carbocycles. The molecule has 1 aromatic carbocycles. The van der Waals surface area contributed by atoms with E-state index in [1.54, 1.807) is 11.3 Å². The van der Waals surface area contributed by atoms with Crippen molar-refractivity contribution in [1.82, 2.24) is 15.1 Å². The summed E-state index contributed by atoms with van der Waals surface area (Å²) in [6, 6.07) is 9.77. The third kappa shape index (κ3) is 4.17. The molecule has 0 spiro atoms. The Hall–Kier alpha value is -2.87. The van der Waals surface area contributed by atoms with Crippen LogP contribution in [0.3, 0.4) is 0 Å². The second-order valence-corrected chi connectivity index (χ2v) is 9.62. The van der Waals surface area contributed by atoms with Crippen molar-refractivity contribution in [3.63, 3.8) is 0 Å². The van der Waals surface area contributed by atoms with E-state index in [9.17, 15) is 4.79 Å². The molecule has 0 radical (unpaired) electrons. The molecule has 1 fully saturated rings. The summed E-state index contributed by atoms with van der Waals surface area (Å²) in [5, 5.41) is 10.4. The van der Waals surface area contributed by atoms with Crippen molar-refractivity contribution in [2.75, 3.05) is 19.7 Å². The number of amides is 1. The molecule has 0 N–H and O–H groups in total. The minimum absolute atomic E-state index is 0.0166. The van der Waals surface area contributed by atoms with Crippen LogP contribution in [0.1, 0.15) is 44.1 Å². The van der Waals surface area contributed by atoms with Crippen LogP contribution < -0.4 is 9.47 Å². The van der Waals surface area contributed by atoms with Crippen LogP contribution in [0.5, 0.6) is 11.5 Å². The van der Waals surface area contributed by atoms with E-state index in [1.807, 2.05) is 40.6 Å². The van der Waals surface area contributed by atoms with Crippen LogP contribution in [0.2, 0.25) is 0 Å². The van der Waals surface area contributed by atoms with Gasteiger partial charge in [-0.25, -0.2) is 0 Å². The number of para-hydroxylation sites is 1. The highest BCUT2D eigenvalue weighted by atomic mass is 32.1. The number of hydrogen-bond donors (Lipinski definition) is 0. The molecule has 2 aliphatic rings. The number of carbonyl (C=O) groups excluding carboxylic acids is 1. The van der Waals surface area contributed by atoms with Gasteiger partial charge in [0.2, 0.25) is 5.89 Å². The van der Waals surface area contributed by atoms with Gasteiger partial charge in [-0.15, -0.1) is 21.5 Å². The molecule has 162 valence electrons. The Bertz CT molecular complexity index is 1080. The maximum absolute atomic E-state index is 12.9. The smallest absolute Gasteiger partial charge is 0.260 e. The molecule has 3 aromatic rings. The fourth-order valence-corrected chi connectivity index (χ4v) is 4.88. The van der Waals surface area contributed by atoms with Crippen LogP contribution in [0, 0.1) is 0 Å². The molecule has 4 heterocycles. The second-order valence-electron chi connectivity index (χ2n) is 8.67. The molecule has 5 rings (SSSR count). The van der Waals surface area contributed by atoms with E-state index in [4.69, 9.17) is 13.9 Å².